The molecule has 4 fully saturated rings. The molecule has 6 heterocycles. The van der Waals surface area contributed by atoms with Gasteiger partial charge in [-0.3, -0.25) is 9.59 Å². The fourth-order valence-electron chi connectivity index (χ4n) is 12.2. The van der Waals surface area contributed by atoms with Gasteiger partial charge in [0.25, 0.3) is 0 Å². The van der Waals surface area contributed by atoms with Crippen LogP contribution in [-0.2, 0) is 41.4 Å². The van der Waals surface area contributed by atoms with E-state index in [9.17, 15) is 19.2 Å². The normalized spacial score (nSPS) is 30.5. The summed E-state index contributed by atoms with van der Waals surface area (Å²) in [6.45, 7) is 12.2. The summed E-state index contributed by atoms with van der Waals surface area (Å²) in [6, 6.07) is 10.7. The number of hydrogen-bond donors (Lipinski definition) is 4. The fourth-order valence-corrected chi connectivity index (χ4v) is 15.6. The first kappa shape index (κ1) is 50.7. The van der Waals surface area contributed by atoms with Crippen molar-refractivity contribution in [2.24, 2.45) is 0 Å². The maximum Gasteiger partial charge on any atom is 0.407 e. The van der Waals surface area contributed by atoms with Crippen LogP contribution in [0.25, 0.3) is 33.6 Å². The number of rotatable bonds is 11. The molecule has 18 heteroatoms. The van der Waals surface area contributed by atoms with Crippen molar-refractivity contribution < 1.29 is 38.1 Å². The van der Waals surface area contributed by atoms with E-state index in [1.807, 2.05) is 49.9 Å². The van der Waals surface area contributed by atoms with Gasteiger partial charge in [-0.1, -0.05) is 81.6 Å². The molecule has 70 heavy (non-hydrogen) atoms. The number of aromatic nitrogens is 4. The summed E-state index contributed by atoms with van der Waals surface area (Å²) in [5.41, 5.74) is 8.82. The number of alkyl halides is 2. The molecule has 1 aliphatic carbocycles. The molecule has 2 unspecified atom stereocenters. The van der Waals surface area contributed by atoms with Crippen LogP contribution in [0, 0.1) is 0 Å². The van der Waals surface area contributed by atoms with Crippen LogP contribution in [0.3, 0.4) is 0 Å². The van der Waals surface area contributed by atoms with E-state index in [-0.39, 0.29) is 60.4 Å². The third-order valence-corrected chi connectivity index (χ3v) is 18.4. The molecule has 4 aromatic rings. The maximum absolute atomic E-state index is 14.7. The molecule has 0 bridgehead atoms. The van der Waals surface area contributed by atoms with Crippen LogP contribution in [0.1, 0.15) is 128 Å². The van der Waals surface area contributed by atoms with Crippen molar-refractivity contribution in [3.63, 3.8) is 0 Å². The molecular formula is C52H66I2N8O8. The van der Waals surface area contributed by atoms with Crippen molar-refractivity contribution in [2.75, 3.05) is 14.2 Å². The second kappa shape index (κ2) is 20.3. The quantitative estimate of drug-likeness (QED) is 0.0831. The lowest BCUT2D eigenvalue weighted by atomic mass is 9.79. The predicted molar refractivity (Wildman–Crippen MR) is 282 cm³/mol. The molecule has 5 aliphatic rings. The molecule has 0 saturated carbocycles. The van der Waals surface area contributed by atoms with Crippen LogP contribution in [0.15, 0.2) is 48.8 Å². The highest BCUT2D eigenvalue weighted by atomic mass is 127. The van der Waals surface area contributed by atoms with Crippen molar-refractivity contribution in [3.05, 3.63) is 71.6 Å². The third kappa shape index (κ3) is 9.83. The smallest absolute Gasteiger partial charge is 0.407 e. The van der Waals surface area contributed by atoms with E-state index in [1.54, 1.807) is 0 Å². The minimum Gasteiger partial charge on any atom is -0.453 e. The standard InChI is InChI=1S/C52H66I2N8O8/c1-27-9-19-41(61(27)47(63)43(59-49(65)67-7)51(53)21-29(3)69-30(4)22-51)45-55-25-39(57-45)34-13-11-33(12-14-34)35-15-18-38(37-17-16-36(35)37)40-26-56-46(58-40)42-20-10-28(2)62(42)48(64)44(60-50(66)68-8)52(54)23-31(5)70-32(6)24-52/h11-15,18,25-32,41-44H,9-10,16-17,19-24H2,1-8H3,(H,55,57)(H,56,58)(H,59,65)(H,60,66)/t27-,28-,29-,30+,31-,32+,41-,42-,43+,44+,51?,52?/m0/s1. The number of carbonyl (C=O) groups is 4. The van der Waals surface area contributed by atoms with E-state index in [4.69, 9.17) is 28.9 Å². The van der Waals surface area contributed by atoms with E-state index in [0.717, 1.165) is 78.3 Å². The Labute approximate surface area is 437 Å². The van der Waals surface area contributed by atoms with Crippen molar-refractivity contribution in [1.82, 2.24) is 40.4 Å². The summed E-state index contributed by atoms with van der Waals surface area (Å²) < 4.78 is 21.0. The van der Waals surface area contributed by atoms with E-state index < -0.39 is 31.1 Å². The van der Waals surface area contributed by atoms with Crippen LogP contribution in [0.4, 0.5) is 9.59 Å². The van der Waals surface area contributed by atoms with E-state index in [0.29, 0.717) is 25.7 Å². The Morgan fingerprint density at radius 3 is 1.46 bits per heavy atom. The second-order valence-corrected chi connectivity index (χ2v) is 24.8. The monoisotopic (exact) mass is 1180 g/mol. The summed E-state index contributed by atoms with van der Waals surface area (Å²) in [4.78, 5) is 75.6. The molecule has 4 saturated heterocycles. The SMILES string of the molecule is COC(=O)N[C@H](C(=O)N1[C@@H](C)CC[C@H]1c1ncc(-c2ccc(-c3ccc(-c4cnc([C@@H]5CC[C@H](C)N5C(=O)[C@@H](NC(=O)OC)C5(I)C[C@@H](C)O[C@@H](C)C5)[nH]4)c4c3CC4)cc2)[nH]1)C1(I)C[C@@H](C)O[C@@H](C)C1. The fraction of sp³-hybridized carbons (Fsp3) is 0.577. The maximum atomic E-state index is 14.7. The Bertz CT molecular complexity index is 2580. The third-order valence-electron chi connectivity index (χ3n) is 15.4. The van der Waals surface area contributed by atoms with Crippen LogP contribution < -0.4 is 10.6 Å². The Morgan fingerprint density at radius 1 is 0.614 bits per heavy atom. The zero-order valence-electron chi connectivity index (χ0n) is 41.3. The number of H-pyrrole nitrogens is 2. The molecule has 0 spiro atoms. The van der Waals surface area contributed by atoms with Crippen molar-refractivity contribution in [3.8, 4) is 33.6 Å². The molecule has 16 nitrogen and oxygen atoms in total. The molecule has 9 rings (SSSR count). The number of imidazole rings is 2. The summed E-state index contributed by atoms with van der Waals surface area (Å²) in [5.74, 6) is 1.19. The van der Waals surface area contributed by atoms with Crippen LogP contribution in [0.2, 0.25) is 0 Å². The first-order valence-corrected chi connectivity index (χ1v) is 26.9. The number of aromatic amines is 2. The highest BCUT2D eigenvalue weighted by molar-refractivity contribution is 14.1. The molecule has 2 aromatic heterocycles. The van der Waals surface area contributed by atoms with Gasteiger partial charge in [-0.15, -0.1) is 0 Å². The van der Waals surface area contributed by atoms with Crippen molar-refractivity contribution in [1.29, 1.82) is 0 Å². The molecular weight excluding hydrogens is 1120 g/mol. The first-order valence-electron chi connectivity index (χ1n) is 24.8. The number of carbonyl (C=O) groups excluding carboxylic acids is 4. The zero-order valence-corrected chi connectivity index (χ0v) is 45.6. The lowest BCUT2D eigenvalue weighted by Gasteiger charge is -2.45. The van der Waals surface area contributed by atoms with E-state index in [2.05, 4.69) is 116 Å². The number of fused-ring (bicyclic) bond motifs is 1. The Balaban J connectivity index is 0.910. The summed E-state index contributed by atoms with van der Waals surface area (Å²) in [6.07, 6.45) is 9.75. The minimum atomic E-state index is -0.802. The number of amides is 4. The lowest BCUT2D eigenvalue weighted by molar-refractivity contribution is -0.139. The number of methoxy groups -OCH3 is 2. The van der Waals surface area contributed by atoms with Crippen molar-refractivity contribution in [2.45, 2.75) is 173 Å². The molecule has 4 N–H and O–H groups in total. The van der Waals surface area contributed by atoms with E-state index >= 15 is 0 Å². The van der Waals surface area contributed by atoms with Crippen LogP contribution >= 0.6 is 45.2 Å². The van der Waals surface area contributed by atoms with Gasteiger partial charge in [-0.25, -0.2) is 19.6 Å². The average Bonchev–Trinajstić information content (AvgIpc) is 4.13. The van der Waals surface area contributed by atoms with Gasteiger partial charge in [-0.05, 0) is 134 Å². The molecule has 2 aromatic carbocycles. The number of nitrogens with zero attached hydrogens (tertiary/aromatic N) is 4. The van der Waals surface area contributed by atoms with Gasteiger partial charge >= 0.3 is 12.2 Å². The number of benzene rings is 2. The summed E-state index contributed by atoms with van der Waals surface area (Å²) >= 11 is 4.73. The van der Waals surface area contributed by atoms with Gasteiger partial charge in [0.15, 0.2) is 0 Å². The summed E-state index contributed by atoms with van der Waals surface area (Å²) in [5, 5.41) is 5.85. The lowest BCUT2D eigenvalue weighted by Crippen LogP contribution is -2.62. The van der Waals surface area contributed by atoms with Crippen molar-refractivity contribution >= 4 is 69.2 Å². The van der Waals surface area contributed by atoms with Gasteiger partial charge in [0, 0.05) is 17.6 Å². The summed E-state index contributed by atoms with van der Waals surface area (Å²) in [7, 11) is 2.64. The second-order valence-electron chi connectivity index (χ2n) is 20.5. The topological polar surface area (TPSA) is 193 Å². The van der Waals surface area contributed by atoms with Gasteiger partial charge < -0.3 is 49.3 Å². The van der Waals surface area contributed by atoms with Crippen LogP contribution in [-0.4, -0.2) is 123 Å². The number of likely N-dealkylation sites (tertiary alicyclic amines) is 2. The van der Waals surface area contributed by atoms with Gasteiger partial charge in [0.2, 0.25) is 11.8 Å². The molecule has 4 amide bonds. The largest absolute Gasteiger partial charge is 0.453 e. The number of ether oxygens (including phenoxy) is 4. The van der Waals surface area contributed by atoms with Crippen LogP contribution in [0.5, 0.6) is 0 Å². The average molecular weight is 1180 g/mol. The Morgan fingerprint density at radius 2 is 1.01 bits per heavy atom. The first-order chi connectivity index (χ1) is 33.4. The zero-order chi connectivity index (χ0) is 49.8. The van der Waals surface area contributed by atoms with E-state index in [1.165, 1.54) is 30.9 Å². The van der Waals surface area contributed by atoms with Gasteiger partial charge in [-0.2, -0.15) is 0 Å². The predicted octanol–water partition coefficient (Wildman–Crippen LogP) is 9.31. The minimum absolute atomic E-state index is 0.0442. The molecule has 0 radical (unpaired) electrons. The molecule has 12 atom stereocenters. The van der Waals surface area contributed by atoms with Gasteiger partial charge in [0.05, 0.1) is 81.3 Å². The molecule has 4 aliphatic heterocycles. The van der Waals surface area contributed by atoms with Gasteiger partial charge in [0.1, 0.15) is 23.7 Å². The Hall–Kier alpha value is -4.28. The number of halogens is 2. The highest BCUT2D eigenvalue weighted by Gasteiger charge is 2.53. The Kier molecular flexibility index (Phi) is 14.7. The molecule has 376 valence electrons. The highest BCUT2D eigenvalue weighted by Crippen LogP contribution is 2.46. The number of hydrogen-bond acceptors (Lipinski definition) is 10. The number of alkyl carbamates (subject to hydrolysis) is 2. The number of nitrogens with one attached hydrogen (secondary N) is 4.